The molecule has 0 aliphatic carbocycles. The van der Waals surface area contributed by atoms with E-state index in [1.807, 2.05) is 0 Å². The van der Waals surface area contributed by atoms with Crippen molar-refractivity contribution in [3.8, 4) is 5.69 Å². The summed E-state index contributed by atoms with van der Waals surface area (Å²) in [5.74, 6) is -1.09. The minimum Gasteiger partial charge on any atom is -0.322 e. The predicted molar refractivity (Wildman–Crippen MR) is 109 cm³/mol. The zero-order valence-corrected chi connectivity index (χ0v) is 17.8. The van der Waals surface area contributed by atoms with Crippen molar-refractivity contribution in [1.29, 1.82) is 0 Å². The monoisotopic (exact) mass is 472 g/mol. The molecule has 31 heavy (non-hydrogen) atoms. The number of halogens is 4. The highest BCUT2D eigenvalue weighted by Crippen LogP contribution is 2.34. The Kier molecular flexibility index (Phi) is 6.12. The van der Waals surface area contributed by atoms with Crippen LogP contribution in [0, 0.1) is 0 Å². The van der Waals surface area contributed by atoms with E-state index in [9.17, 15) is 26.4 Å². The summed E-state index contributed by atoms with van der Waals surface area (Å²) in [5.41, 5.74) is -1.91. The number of carbonyl (C=O) groups excluding carboxylic acids is 1. The molecule has 0 atom stereocenters. The van der Waals surface area contributed by atoms with Crippen LogP contribution < -0.4 is 5.32 Å². The number of nitrogens with zero attached hydrogens (tertiary/aromatic N) is 3. The Morgan fingerprint density at radius 1 is 1.13 bits per heavy atom. The summed E-state index contributed by atoms with van der Waals surface area (Å²) in [5, 5.41) is 6.34. The highest BCUT2D eigenvalue weighted by Gasteiger charge is 2.40. The number of benzene rings is 2. The highest BCUT2D eigenvalue weighted by atomic mass is 35.5. The summed E-state index contributed by atoms with van der Waals surface area (Å²) in [7, 11) is -1.12. The van der Waals surface area contributed by atoms with Gasteiger partial charge in [-0.25, -0.2) is 17.4 Å². The number of hydrogen-bond donors (Lipinski definition) is 1. The summed E-state index contributed by atoms with van der Waals surface area (Å²) in [6.45, 7) is 0. The van der Waals surface area contributed by atoms with Crippen molar-refractivity contribution < 1.29 is 26.4 Å². The fraction of sp³-hybridized carbons (Fsp3) is 0.158. The van der Waals surface area contributed by atoms with Crippen molar-refractivity contribution >= 4 is 33.2 Å². The molecule has 0 radical (unpaired) electrons. The molecule has 7 nitrogen and oxygen atoms in total. The third kappa shape index (κ3) is 4.73. The maximum Gasteiger partial charge on any atom is 0.434 e. The first-order valence-corrected chi connectivity index (χ1v) is 10.5. The van der Waals surface area contributed by atoms with Crippen LogP contribution in [0.2, 0.25) is 5.02 Å². The minimum atomic E-state index is -4.89. The Morgan fingerprint density at radius 3 is 2.35 bits per heavy atom. The number of rotatable bonds is 5. The molecule has 0 aliphatic rings. The van der Waals surface area contributed by atoms with E-state index >= 15 is 0 Å². The van der Waals surface area contributed by atoms with Gasteiger partial charge in [-0.1, -0.05) is 17.7 Å². The topological polar surface area (TPSA) is 84.3 Å². The second-order valence-corrected chi connectivity index (χ2v) is 9.15. The first kappa shape index (κ1) is 22.8. The summed E-state index contributed by atoms with van der Waals surface area (Å²) in [4.78, 5) is 12.5. The van der Waals surface area contributed by atoms with Crippen LogP contribution in [0.4, 0.5) is 18.9 Å². The maximum atomic E-state index is 13.8. The third-order valence-corrected chi connectivity index (χ3v) is 6.29. The quantitative estimate of drug-likeness (QED) is 0.607. The summed E-state index contributed by atoms with van der Waals surface area (Å²) in [6.07, 6.45) is -4.09. The lowest BCUT2D eigenvalue weighted by molar-refractivity contribution is -0.143. The Labute approximate surface area is 181 Å². The van der Waals surface area contributed by atoms with E-state index in [0.29, 0.717) is 9.70 Å². The lowest BCUT2D eigenvalue weighted by Crippen LogP contribution is -2.23. The lowest BCUT2D eigenvalue weighted by atomic mass is 10.2. The Bertz CT molecular complexity index is 1220. The molecule has 0 spiro atoms. The van der Waals surface area contributed by atoms with E-state index in [-0.39, 0.29) is 16.3 Å². The van der Waals surface area contributed by atoms with Gasteiger partial charge in [0, 0.05) is 24.8 Å². The van der Waals surface area contributed by atoms with E-state index in [1.165, 1.54) is 56.6 Å². The molecule has 0 saturated carbocycles. The van der Waals surface area contributed by atoms with Crippen molar-refractivity contribution in [3.05, 3.63) is 71.0 Å². The fourth-order valence-corrected chi connectivity index (χ4v) is 3.78. The molecule has 3 rings (SSSR count). The van der Waals surface area contributed by atoms with E-state index in [0.717, 1.165) is 16.6 Å². The van der Waals surface area contributed by atoms with Crippen LogP contribution in [-0.2, 0) is 16.2 Å². The van der Waals surface area contributed by atoms with Crippen LogP contribution in [0.1, 0.15) is 16.1 Å². The number of hydrogen-bond acceptors (Lipinski definition) is 4. The van der Waals surface area contributed by atoms with Crippen molar-refractivity contribution in [2.45, 2.75) is 11.1 Å². The minimum absolute atomic E-state index is 0.0142. The number of carbonyl (C=O) groups is 1. The zero-order valence-electron chi connectivity index (χ0n) is 16.2. The van der Waals surface area contributed by atoms with Gasteiger partial charge in [0.2, 0.25) is 10.0 Å². The van der Waals surface area contributed by atoms with Crippen molar-refractivity contribution in [2.75, 3.05) is 19.4 Å². The van der Waals surface area contributed by atoms with E-state index < -0.39 is 33.4 Å². The van der Waals surface area contributed by atoms with Gasteiger partial charge in [0.25, 0.3) is 5.91 Å². The van der Waals surface area contributed by atoms with Crippen LogP contribution in [0.15, 0.2) is 59.6 Å². The standard InChI is InChI=1S/C19H16ClF3N4O3S/c1-26(2)31(29,30)15-5-3-4-13(10-15)25-18(28)16-11-24-27(17(16)19(21,22)23)14-8-6-12(20)7-9-14/h3-11H,1-2H3,(H,25,28). The van der Waals surface area contributed by atoms with E-state index in [2.05, 4.69) is 10.4 Å². The molecule has 164 valence electrons. The second kappa shape index (κ2) is 8.33. The maximum absolute atomic E-state index is 13.8. The van der Waals surface area contributed by atoms with Crippen LogP contribution in [0.5, 0.6) is 0 Å². The summed E-state index contributed by atoms with van der Waals surface area (Å²) < 4.78 is 67.4. The Balaban J connectivity index is 1.99. The highest BCUT2D eigenvalue weighted by molar-refractivity contribution is 7.89. The first-order chi connectivity index (χ1) is 14.4. The number of nitrogens with one attached hydrogen (secondary N) is 1. The van der Waals surface area contributed by atoms with Gasteiger partial charge in [0.15, 0.2) is 5.69 Å². The van der Waals surface area contributed by atoms with E-state index in [1.54, 1.807) is 0 Å². The van der Waals surface area contributed by atoms with Crippen molar-refractivity contribution in [1.82, 2.24) is 14.1 Å². The van der Waals surface area contributed by atoms with Gasteiger partial charge in [0.05, 0.1) is 22.3 Å². The Morgan fingerprint density at radius 2 is 1.77 bits per heavy atom. The molecule has 0 aliphatic heterocycles. The molecule has 1 heterocycles. The van der Waals surface area contributed by atoms with Gasteiger partial charge in [-0.3, -0.25) is 4.79 Å². The van der Waals surface area contributed by atoms with Gasteiger partial charge in [-0.05, 0) is 42.5 Å². The average molecular weight is 473 g/mol. The summed E-state index contributed by atoms with van der Waals surface area (Å²) in [6, 6.07) is 10.7. The molecule has 12 heteroatoms. The number of amides is 1. The molecular formula is C19H16ClF3N4O3S. The number of aromatic nitrogens is 2. The van der Waals surface area contributed by atoms with Gasteiger partial charge in [0.1, 0.15) is 0 Å². The van der Waals surface area contributed by atoms with Gasteiger partial charge in [-0.15, -0.1) is 0 Å². The molecule has 1 amide bonds. The number of anilines is 1. The van der Waals surface area contributed by atoms with Crippen LogP contribution >= 0.6 is 11.6 Å². The molecule has 3 aromatic rings. The molecule has 0 bridgehead atoms. The second-order valence-electron chi connectivity index (χ2n) is 6.56. The molecule has 1 aromatic heterocycles. The molecule has 0 unspecified atom stereocenters. The SMILES string of the molecule is CN(C)S(=O)(=O)c1cccc(NC(=O)c2cnn(-c3ccc(Cl)cc3)c2C(F)(F)F)c1. The zero-order chi connectivity index (χ0) is 23.0. The average Bonchev–Trinajstić information content (AvgIpc) is 3.14. The van der Waals surface area contributed by atoms with Crippen LogP contribution in [-0.4, -0.2) is 42.5 Å². The molecule has 1 N–H and O–H groups in total. The smallest absolute Gasteiger partial charge is 0.322 e. The fourth-order valence-electron chi connectivity index (χ4n) is 2.71. The predicted octanol–water partition coefficient (Wildman–Crippen LogP) is 4.05. The lowest BCUT2D eigenvalue weighted by Gasteiger charge is -2.14. The van der Waals surface area contributed by atoms with E-state index in [4.69, 9.17) is 11.6 Å². The first-order valence-electron chi connectivity index (χ1n) is 8.66. The third-order valence-electron chi connectivity index (χ3n) is 4.22. The van der Waals surface area contributed by atoms with Crippen LogP contribution in [0.3, 0.4) is 0 Å². The molecule has 0 saturated heterocycles. The van der Waals surface area contributed by atoms with Gasteiger partial charge >= 0.3 is 6.18 Å². The van der Waals surface area contributed by atoms with Crippen molar-refractivity contribution in [3.63, 3.8) is 0 Å². The van der Waals surface area contributed by atoms with Gasteiger partial charge in [-0.2, -0.15) is 18.3 Å². The van der Waals surface area contributed by atoms with Crippen LogP contribution in [0.25, 0.3) is 5.69 Å². The van der Waals surface area contributed by atoms with Gasteiger partial charge < -0.3 is 5.32 Å². The molecule has 0 fully saturated rings. The largest absolute Gasteiger partial charge is 0.434 e. The number of sulfonamides is 1. The number of alkyl halides is 3. The normalized spacial score (nSPS) is 12.2. The summed E-state index contributed by atoms with van der Waals surface area (Å²) >= 11 is 5.78. The van der Waals surface area contributed by atoms with Crippen molar-refractivity contribution in [2.24, 2.45) is 0 Å². The Hall–Kier alpha value is -2.89. The molecular weight excluding hydrogens is 457 g/mol. The molecule has 2 aromatic carbocycles.